The Morgan fingerprint density at radius 1 is 1.13 bits per heavy atom. The van der Waals surface area contributed by atoms with Crippen LogP contribution in [-0.2, 0) is 11.0 Å². The number of piperazine rings is 1. The van der Waals surface area contributed by atoms with E-state index in [9.17, 15) is 28.1 Å². The zero-order valence-corrected chi connectivity index (χ0v) is 16.2. The fourth-order valence-corrected chi connectivity index (χ4v) is 3.25. The molecule has 1 heterocycles. The molecule has 1 aliphatic heterocycles. The molecule has 7 nitrogen and oxygen atoms in total. The molecule has 2 aromatic carbocycles. The number of non-ortho nitro benzene ring substituents is 1. The van der Waals surface area contributed by atoms with Gasteiger partial charge in [-0.2, -0.15) is 13.2 Å². The van der Waals surface area contributed by atoms with E-state index in [1.165, 1.54) is 4.90 Å². The van der Waals surface area contributed by atoms with Gasteiger partial charge in [0.05, 0.1) is 4.92 Å². The monoisotopic (exact) mass is 423 g/mol. The van der Waals surface area contributed by atoms with E-state index in [0.29, 0.717) is 32.2 Å². The maximum Gasteiger partial charge on any atom is 0.420 e. The van der Waals surface area contributed by atoms with Crippen molar-refractivity contribution < 1.29 is 27.6 Å². The quantitative estimate of drug-likeness (QED) is 0.542. The third-order valence-corrected chi connectivity index (χ3v) is 4.83. The number of rotatable bonds is 5. The van der Waals surface area contributed by atoms with Gasteiger partial charge in [0.1, 0.15) is 11.3 Å². The van der Waals surface area contributed by atoms with Crippen LogP contribution in [0.25, 0.3) is 0 Å². The van der Waals surface area contributed by atoms with E-state index < -0.39 is 40.6 Å². The summed E-state index contributed by atoms with van der Waals surface area (Å²) in [7, 11) is 0. The molecule has 1 saturated heterocycles. The average molecular weight is 423 g/mol. The van der Waals surface area contributed by atoms with Gasteiger partial charge in [0, 0.05) is 44.0 Å². The maximum atomic E-state index is 13.2. The van der Waals surface area contributed by atoms with Gasteiger partial charge in [0.25, 0.3) is 11.6 Å². The summed E-state index contributed by atoms with van der Waals surface area (Å²) >= 11 is 0. The van der Waals surface area contributed by atoms with E-state index in [4.69, 9.17) is 4.74 Å². The van der Waals surface area contributed by atoms with E-state index >= 15 is 0 Å². The van der Waals surface area contributed by atoms with E-state index in [0.717, 1.165) is 23.4 Å². The second-order valence-corrected chi connectivity index (χ2v) is 6.93. The molecule has 0 unspecified atom stereocenters. The molecule has 0 aliphatic carbocycles. The van der Waals surface area contributed by atoms with Crippen LogP contribution in [0.4, 0.5) is 24.5 Å². The number of nitro benzene ring substituents is 1. The van der Waals surface area contributed by atoms with Crippen LogP contribution < -0.4 is 9.64 Å². The molecule has 0 N–H and O–H groups in total. The first-order chi connectivity index (χ1) is 14.1. The Bertz CT molecular complexity index is 941. The number of carbonyl (C=O) groups is 1. The van der Waals surface area contributed by atoms with Gasteiger partial charge in [0.15, 0.2) is 6.61 Å². The van der Waals surface area contributed by atoms with Crippen LogP contribution in [0.1, 0.15) is 11.1 Å². The molecule has 1 aliphatic rings. The molecule has 0 radical (unpaired) electrons. The number of benzene rings is 2. The Hall–Kier alpha value is -3.30. The summed E-state index contributed by atoms with van der Waals surface area (Å²) in [4.78, 5) is 25.9. The number of aryl methyl sites for hydroxylation is 1. The van der Waals surface area contributed by atoms with Gasteiger partial charge in [-0.25, -0.2) is 0 Å². The summed E-state index contributed by atoms with van der Waals surface area (Å²) in [6, 6.07) is 10.2. The van der Waals surface area contributed by atoms with Crippen LogP contribution in [0, 0.1) is 17.0 Å². The van der Waals surface area contributed by atoms with Crippen molar-refractivity contribution >= 4 is 17.3 Å². The molecular weight excluding hydrogens is 403 g/mol. The van der Waals surface area contributed by atoms with Crippen molar-refractivity contribution in [2.75, 3.05) is 37.7 Å². The molecule has 0 atom stereocenters. The first-order valence-electron chi connectivity index (χ1n) is 9.23. The largest absolute Gasteiger partial charge is 0.483 e. The second-order valence-electron chi connectivity index (χ2n) is 6.93. The number of amides is 1. The van der Waals surface area contributed by atoms with Crippen LogP contribution in [0.3, 0.4) is 0 Å². The number of anilines is 1. The van der Waals surface area contributed by atoms with Crippen molar-refractivity contribution in [1.29, 1.82) is 0 Å². The second kappa shape index (κ2) is 8.60. The smallest absolute Gasteiger partial charge is 0.420 e. The lowest BCUT2D eigenvalue weighted by atomic mass is 10.1. The van der Waals surface area contributed by atoms with Crippen molar-refractivity contribution in [2.45, 2.75) is 13.1 Å². The first kappa shape index (κ1) is 21.4. The van der Waals surface area contributed by atoms with Crippen molar-refractivity contribution in [1.82, 2.24) is 4.90 Å². The van der Waals surface area contributed by atoms with Gasteiger partial charge in [-0.3, -0.25) is 14.9 Å². The van der Waals surface area contributed by atoms with Crippen LogP contribution >= 0.6 is 0 Å². The van der Waals surface area contributed by atoms with E-state index in [1.807, 2.05) is 31.2 Å². The van der Waals surface area contributed by atoms with Crippen LogP contribution in [0.5, 0.6) is 5.75 Å². The number of ether oxygens (including phenoxy) is 1. The number of halogens is 3. The molecule has 160 valence electrons. The number of alkyl halides is 3. The Balaban J connectivity index is 1.61. The third kappa shape index (κ3) is 5.00. The van der Waals surface area contributed by atoms with Crippen LogP contribution in [0.15, 0.2) is 42.5 Å². The van der Waals surface area contributed by atoms with Gasteiger partial charge in [0.2, 0.25) is 0 Å². The predicted molar refractivity (Wildman–Crippen MR) is 104 cm³/mol. The van der Waals surface area contributed by atoms with Crippen molar-refractivity contribution in [3.05, 3.63) is 63.7 Å². The van der Waals surface area contributed by atoms with Crippen molar-refractivity contribution in [3.8, 4) is 5.75 Å². The lowest BCUT2D eigenvalue weighted by Crippen LogP contribution is -2.50. The van der Waals surface area contributed by atoms with Crippen molar-refractivity contribution in [2.24, 2.45) is 0 Å². The highest BCUT2D eigenvalue weighted by Crippen LogP contribution is 2.38. The van der Waals surface area contributed by atoms with Gasteiger partial charge in [-0.15, -0.1) is 0 Å². The molecule has 2 aromatic rings. The Morgan fingerprint density at radius 3 is 2.43 bits per heavy atom. The number of hydrogen-bond acceptors (Lipinski definition) is 5. The minimum absolute atomic E-state index is 0.403. The first-order valence-corrected chi connectivity index (χ1v) is 9.23. The molecule has 0 aromatic heterocycles. The average Bonchev–Trinajstić information content (AvgIpc) is 2.71. The summed E-state index contributed by atoms with van der Waals surface area (Å²) in [6.07, 6.45) is -4.84. The van der Waals surface area contributed by atoms with Gasteiger partial charge >= 0.3 is 6.18 Å². The Labute approximate surface area is 170 Å². The summed E-state index contributed by atoms with van der Waals surface area (Å²) in [5, 5.41) is 10.7. The van der Waals surface area contributed by atoms with Gasteiger partial charge in [-0.05, 0) is 30.7 Å². The highest BCUT2D eigenvalue weighted by atomic mass is 19.4. The molecular formula is C20H20F3N3O4. The highest BCUT2D eigenvalue weighted by molar-refractivity contribution is 5.78. The summed E-state index contributed by atoms with van der Waals surface area (Å²) < 4.78 is 44.7. The number of carbonyl (C=O) groups excluding carboxylic acids is 1. The third-order valence-electron chi connectivity index (χ3n) is 4.83. The molecule has 0 saturated carbocycles. The molecule has 3 rings (SSSR count). The normalized spacial score (nSPS) is 14.5. The molecule has 1 amide bonds. The zero-order chi connectivity index (χ0) is 21.9. The highest BCUT2D eigenvalue weighted by Gasteiger charge is 2.36. The van der Waals surface area contributed by atoms with E-state index in [1.54, 1.807) is 0 Å². The van der Waals surface area contributed by atoms with E-state index in [-0.39, 0.29) is 0 Å². The minimum atomic E-state index is -4.84. The molecule has 0 spiro atoms. The number of nitrogens with zero attached hydrogens (tertiary/aromatic N) is 3. The minimum Gasteiger partial charge on any atom is -0.483 e. The molecule has 30 heavy (non-hydrogen) atoms. The van der Waals surface area contributed by atoms with Gasteiger partial charge < -0.3 is 14.5 Å². The zero-order valence-electron chi connectivity index (χ0n) is 16.2. The number of hydrogen-bond donors (Lipinski definition) is 0. The Morgan fingerprint density at radius 2 is 1.83 bits per heavy atom. The maximum absolute atomic E-state index is 13.2. The number of nitro groups is 1. The molecule has 1 fully saturated rings. The van der Waals surface area contributed by atoms with Crippen LogP contribution in [-0.4, -0.2) is 48.5 Å². The molecule has 10 heteroatoms. The van der Waals surface area contributed by atoms with Crippen molar-refractivity contribution in [3.63, 3.8) is 0 Å². The molecule has 0 bridgehead atoms. The topological polar surface area (TPSA) is 75.9 Å². The summed E-state index contributed by atoms with van der Waals surface area (Å²) in [6.45, 7) is 3.45. The van der Waals surface area contributed by atoms with Crippen LogP contribution in [0.2, 0.25) is 0 Å². The predicted octanol–water partition coefficient (Wildman–Crippen LogP) is 3.65. The fourth-order valence-electron chi connectivity index (χ4n) is 3.25. The van der Waals surface area contributed by atoms with Gasteiger partial charge in [-0.1, -0.05) is 12.1 Å². The summed E-state index contributed by atoms with van der Waals surface area (Å²) in [5.41, 5.74) is 0.198. The van der Waals surface area contributed by atoms with E-state index in [2.05, 4.69) is 4.90 Å². The lowest BCUT2D eigenvalue weighted by Gasteiger charge is -2.36. The Kier molecular flexibility index (Phi) is 6.14. The summed E-state index contributed by atoms with van der Waals surface area (Å²) in [5.74, 6) is -1.05. The lowest BCUT2D eigenvalue weighted by molar-refractivity contribution is -0.385. The SMILES string of the molecule is Cc1cccc(N2CCN(C(=O)COc3ccc([N+](=O)[O-])cc3C(F)(F)F)CC2)c1. The standard InChI is InChI=1S/C20H20F3N3O4/c1-14-3-2-4-15(11-14)24-7-9-25(10-8-24)19(27)13-30-18-6-5-16(26(28)29)12-17(18)20(21,22)23/h2-6,11-12H,7-10,13H2,1H3. The fraction of sp³-hybridized carbons (Fsp3) is 0.350.